The molecule has 0 aliphatic carbocycles. The van der Waals surface area contributed by atoms with Gasteiger partial charge in [-0.05, 0) is 108 Å². The number of benzene rings is 5. The van der Waals surface area contributed by atoms with Crippen molar-refractivity contribution < 1.29 is 93.4 Å². The van der Waals surface area contributed by atoms with Crippen LogP contribution >= 0.6 is 23.5 Å². The van der Waals surface area contributed by atoms with E-state index >= 15 is 0 Å². The van der Waals surface area contributed by atoms with Crippen LogP contribution in [0, 0.1) is 0 Å². The average molecular weight is 1340 g/mol. The normalized spacial score (nSPS) is 22.3. The summed E-state index contributed by atoms with van der Waals surface area (Å²) in [5, 5.41) is 104. The molecule has 0 spiro atoms. The first-order valence-corrected chi connectivity index (χ1v) is 33.1. The van der Waals surface area contributed by atoms with Crippen LogP contribution in [-0.4, -0.2) is 216 Å². The van der Waals surface area contributed by atoms with Gasteiger partial charge in [0, 0.05) is 86.6 Å². The van der Waals surface area contributed by atoms with Gasteiger partial charge in [0.2, 0.25) is 11.8 Å². The number of aliphatic hydroxyl groups excluding tert-OH is 6. The molecular formula is C67H82N6O19S2. The summed E-state index contributed by atoms with van der Waals surface area (Å²) < 4.78 is 17.7. The van der Waals surface area contributed by atoms with Crippen LogP contribution in [-0.2, 0) is 33.4 Å². The van der Waals surface area contributed by atoms with Crippen molar-refractivity contribution in [1.82, 2.24) is 31.9 Å². The van der Waals surface area contributed by atoms with Crippen molar-refractivity contribution >= 4 is 70.9 Å². The van der Waals surface area contributed by atoms with Crippen molar-refractivity contribution in [3.8, 4) is 22.3 Å². The second-order valence-electron chi connectivity index (χ2n) is 22.9. The molecule has 6 amide bonds. The first-order valence-electron chi connectivity index (χ1n) is 30.8. The van der Waals surface area contributed by atoms with Gasteiger partial charge >= 0.3 is 11.9 Å². The fourth-order valence-electron chi connectivity index (χ4n) is 11.0. The minimum atomic E-state index is -2.49. The van der Waals surface area contributed by atoms with Crippen LogP contribution in [0.4, 0.5) is 0 Å². The van der Waals surface area contributed by atoms with E-state index in [0.717, 1.165) is 29.2 Å². The number of hydrogen-bond donors (Lipinski definition) is 14. The summed E-state index contributed by atoms with van der Waals surface area (Å²) >= 11 is 2.93. The predicted molar refractivity (Wildman–Crippen MR) is 350 cm³/mol. The molecule has 2 aliphatic heterocycles. The number of aliphatic hydroxyl groups is 6. The van der Waals surface area contributed by atoms with Crippen LogP contribution in [0.1, 0.15) is 93.8 Å². The molecule has 12 atom stereocenters. The highest BCUT2D eigenvalue weighted by atomic mass is 32.2. The fraction of sp³-hybridized carbons (Fsp3) is 0.433. The number of ether oxygens (including phenoxy) is 3. The topological polar surface area (TPSA) is 398 Å². The SMILES string of the molecule is CC(=O)N[C@H]1[C@H]([C@H](O)[C@H](O)CNC(=O)c2ccc(-c3ccccc3)cc2)O[C@@](CCCCSCCNC(=O)c2ccc(C(=O)NCCSCCCO[C@]3(C(=O)O)C[C@H](O)[C@@H](NC(C)=O)[C@H]([C@H](O)[C@H](O)CNC(=O)c4ccc(-c5ccccc5)cc4)O3)cc2)(C(=O)O)C[C@@H]1O. The summed E-state index contributed by atoms with van der Waals surface area (Å²) in [5.74, 6) is -6.62. The zero-order valence-corrected chi connectivity index (χ0v) is 53.6. The number of thioether (sulfide) groups is 2. The molecule has 0 aromatic heterocycles. The highest BCUT2D eigenvalue weighted by Crippen LogP contribution is 2.37. The van der Waals surface area contributed by atoms with E-state index < -0.39 is 134 Å². The van der Waals surface area contributed by atoms with Crippen LogP contribution in [0.2, 0.25) is 0 Å². The van der Waals surface area contributed by atoms with E-state index in [1.807, 2.05) is 60.7 Å². The van der Waals surface area contributed by atoms with Gasteiger partial charge in [0.05, 0.1) is 43.1 Å². The van der Waals surface area contributed by atoms with E-state index in [2.05, 4.69) is 31.9 Å². The number of carbonyl (C=O) groups excluding carboxylic acids is 6. The van der Waals surface area contributed by atoms with Crippen molar-refractivity contribution in [2.45, 2.75) is 125 Å². The first kappa shape index (κ1) is 73.6. The lowest BCUT2D eigenvalue weighted by Gasteiger charge is -2.47. The Bertz CT molecular complexity index is 3100. The maximum absolute atomic E-state index is 13.0. The van der Waals surface area contributed by atoms with Crippen LogP contribution in [0.25, 0.3) is 22.3 Å². The molecule has 7 rings (SSSR count). The Morgan fingerprint density at radius 2 is 0.872 bits per heavy atom. The maximum atomic E-state index is 13.0. The van der Waals surface area contributed by atoms with Crippen molar-refractivity contribution in [3.05, 3.63) is 156 Å². The van der Waals surface area contributed by atoms with Crippen molar-refractivity contribution in [1.29, 1.82) is 0 Å². The summed E-state index contributed by atoms with van der Waals surface area (Å²) in [6, 6.07) is 35.9. The third-order valence-electron chi connectivity index (χ3n) is 16.0. The Labute approximate surface area is 552 Å². The lowest BCUT2D eigenvalue weighted by molar-refractivity contribution is -0.310. The Morgan fingerprint density at radius 3 is 1.29 bits per heavy atom. The molecule has 0 bridgehead atoms. The maximum Gasteiger partial charge on any atom is 0.364 e. The lowest BCUT2D eigenvalue weighted by Crippen LogP contribution is -2.68. The van der Waals surface area contributed by atoms with Gasteiger partial charge < -0.3 is 87.0 Å². The van der Waals surface area contributed by atoms with E-state index in [4.69, 9.17) is 14.2 Å². The van der Waals surface area contributed by atoms with Gasteiger partial charge in [-0.2, -0.15) is 23.5 Å². The molecule has 25 nitrogen and oxygen atoms in total. The van der Waals surface area contributed by atoms with Crippen molar-refractivity contribution in [2.24, 2.45) is 0 Å². The quantitative estimate of drug-likeness (QED) is 0.0263. The van der Waals surface area contributed by atoms with E-state index in [0.29, 0.717) is 59.9 Å². The van der Waals surface area contributed by atoms with Crippen molar-refractivity contribution in [2.75, 3.05) is 55.8 Å². The number of carbonyl (C=O) groups is 8. The van der Waals surface area contributed by atoms with E-state index in [1.165, 1.54) is 54.7 Å². The predicted octanol–water partition coefficient (Wildman–Crippen LogP) is 2.74. The molecule has 94 heavy (non-hydrogen) atoms. The summed E-state index contributed by atoms with van der Waals surface area (Å²) in [5.41, 5.74) is 2.85. The van der Waals surface area contributed by atoms with Crippen molar-refractivity contribution in [3.63, 3.8) is 0 Å². The van der Waals surface area contributed by atoms with E-state index in [9.17, 15) is 79.2 Å². The van der Waals surface area contributed by atoms with Gasteiger partial charge in [-0.15, -0.1) is 0 Å². The second-order valence-corrected chi connectivity index (χ2v) is 25.4. The third-order valence-corrected chi connectivity index (χ3v) is 18.1. The molecule has 506 valence electrons. The largest absolute Gasteiger partial charge is 0.479 e. The van der Waals surface area contributed by atoms with Crippen LogP contribution in [0.5, 0.6) is 0 Å². The van der Waals surface area contributed by atoms with Gasteiger partial charge in [-0.1, -0.05) is 84.9 Å². The fourth-order valence-corrected chi connectivity index (χ4v) is 12.6. The number of unbranched alkanes of at least 4 members (excludes halogenated alkanes) is 1. The summed E-state index contributed by atoms with van der Waals surface area (Å²) in [7, 11) is 0. The second kappa shape index (κ2) is 35.6. The standard InChI is InChI=1S/C67H82N6O19S2/c1-40(74)72-54-50(76)36-66(64(86)87,91-58(54)56(80)52(78)38-70-62(84)48-20-16-44(17-21-48)42-12-5-3-6-13-42)28-9-10-32-93-34-29-68-60(82)46-24-26-47(27-25-46)61(83)69-30-35-94-33-11-31-90-67(65(88)89)37-51(77)55(73-41(2)75)59(92-67)57(81)53(79)39-71-63(85)49-22-18-45(19-23-49)43-14-7-4-8-15-43/h3-8,12-27,50-59,76-81H,9-11,28-39H2,1-2H3,(H,68,82)(H,69,83)(H,70,84)(H,71,85)(H,72,74)(H,73,75)(H,86,87)(H,88,89)/t50-,51-,52+,53+,54+,55+,56+,57+,58+,59+,66+,67+/m0/s1. The molecule has 5 aromatic rings. The zero-order valence-electron chi connectivity index (χ0n) is 52.0. The molecule has 0 radical (unpaired) electrons. The molecular weight excluding hydrogens is 1260 g/mol. The van der Waals surface area contributed by atoms with Gasteiger partial charge in [-0.25, -0.2) is 9.59 Å². The summed E-state index contributed by atoms with van der Waals surface area (Å²) in [4.78, 5) is 102. The monoisotopic (exact) mass is 1340 g/mol. The minimum absolute atomic E-state index is 0.0831. The molecule has 0 saturated carbocycles. The molecule has 2 aliphatic rings. The van der Waals surface area contributed by atoms with Gasteiger partial charge in [0.1, 0.15) is 24.4 Å². The molecule has 5 aromatic carbocycles. The van der Waals surface area contributed by atoms with Gasteiger partial charge in [0.25, 0.3) is 29.4 Å². The zero-order chi connectivity index (χ0) is 68.0. The van der Waals surface area contributed by atoms with E-state index in [-0.39, 0.29) is 42.5 Å². The Hall–Kier alpha value is -7.80. The first-order chi connectivity index (χ1) is 45.0. The molecule has 0 unspecified atom stereocenters. The Balaban J connectivity index is 0.773. The lowest BCUT2D eigenvalue weighted by atomic mass is 9.81. The number of aliphatic carboxylic acids is 2. The van der Waals surface area contributed by atoms with E-state index in [1.54, 1.807) is 48.5 Å². The summed E-state index contributed by atoms with van der Waals surface area (Å²) in [6.07, 6.45) is -13.6. The number of hydrogen-bond acceptors (Lipinski definition) is 19. The minimum Gasteiger partial charge on any atom is -0.479 e. The summed E-state index contributed by atoms with van der Waals surface area (Å²) in [6.45, 7) is 1.73. The van der Waals surface area contributed by atoms with Gasteiger partial charge in [-0.3, -0.25) is 28.8 Å². The number of rotatable bonds is 34. The molecule has 2 saturated heterocycles. The average Bonchev–Trinajstić information content (AvgIpc) is 0.791. The van der Waals surface area contributed by atoms with Crippen LogP contribution in [0.3, 0.4) is 0 Å². The van der Waals surface area contributed by atoms with Crippen LogP contribution < -0.4 is 31.9 Å². The molecule has 2 heterocycles. The smallest absolute Gasteiger partial charge is 0.364 e. The van der Waals surface area contributed by atoms with Gasteiger partial charge in [0.15, 0.2) is 5.60 Å². The number of nitrogens with one attached hydrogen (secondary N) is 6. The number of carboxylic acid groups (broad SMARTS) is 2. The molecule has 2 fully saturated rings. The molecule has 14 N–H and O–H groups in total. The third kappa shape index (κ3) is 20.6. The Morgan fingerprint density at radius 1 is 0.489 bits per heavy atom. The highest BCUT2D eigenvalue weighted by molar-refractivity contribution is 7.99. The number of carboxylic acids is 2. The highest BCUT2D eigenvalue weighted by Gasteiger charge is 2.56. The van der Waals surface area contributed by atoms with Crippen LogP contribution in [0.15, 0.2) is 133 Å². The number of amides is 6. The Kier molecular flexibility index (Phi) is 27.9. The molecule has 27 heteroatoms.